The van der Waals surface area contributed by atoms with E-state index in [1.165, 1.54) is 7.11 Å². The first-order chi connectivity index (χ1) is 9.13. The molecule has 0 heterocycles. The average molecular weight is 330 g/mol. The highest BCUT2D eigenvalue weighted by atomic mass is 79.9. The zero-order valence-electron chi connectivity index (χ0n) is 10.6. The van der Waals surface area contributed by atoms with Crippen molar-refractivity contribution in [2.24, 2.45) is 0 Å². The van der Waals surface area contributed by atoms with Gasteiger partial charge in [-0.15, -0.1) is 0 Å². The van der Waals surface area contributed by atoms with Crippen molar-refractivity contribution in [3.63, 3.8) is 0 Å². The van der Waals surface area contributed by atoms with Crippen LogP contribution < -0.4 is 10.1 Å². The molecule has 0 radical (unpaired) electrons. The Balaban J connectivity index is 2.18. The summed E-state index contributed by atoms with van der Waals surface area (Å²) in [4.78, 5) is 22.3. The SMILES string of the molecule is COC(=O)CCCNC(=O)COc1ccccc1Br. The average Bonchev–Trinajstić information content (AvgIpc) is 2.42. The molecular formula is C13H16BrNO4. The van der Waals surface area contributed by atoms with Crippen molar-refractivity contribution in [3.05, 3.63) is 28.7 Å². The molecule has 0 aliphatic heterocycles. The van der Waals surface area contributed by atoms with Crippen LogP contribution >= 0.6 is 15.9 Å². The summed E-state index contributed by atoms with van der Waals surface area (Å²) in [6.07, 6.45) is 0.843. The Kier molecular flexibility index (Phi) is 6.95. The molecule has 5 nitrogen and oxygen atoms in total. The molecule has 0 fully saturated rings. The minimum Gasteiger partial charge on any atom is -0.483 e. The molecule has 0 saturated heterocycles. The largest absolute Gasteiger partial charge is 0.483 e. The molecule has 6 heteroatoms. The highest BCUT2D eigenvalue weighted by molar-refractivity contribution is 9.10. The van der Waals surface area contributed by atoms with Crippen molar-refractivity contribution < 1.29 is 19.1 Å². The Morgan fingerprint density at radius 1 is 1.32 bits per heavy atom. The van der Waals surface area contributed by atoms with Gasteiger partial charge in [-0.25, -0.2) is 0 Å². The number of amides is 1. The number of rotatable bonds is 7. The lowest BCUT2D eigenvalue weighted by molar-refractivity contribution is -0.140. The third-order valence-electron chi connectivity index (χ3n) is 2.30. The first-order valence-electron chi connectivity index (χ1n) is 5.84. The number of carbonyl (C=O) groups is 2. The lowest BCUT2D eigenvalue weighted by atomic mass is 10.3. The topological polar surface area (TPSA) is 64.6 Å². The summed E-state index contributed by atoms with van der Waals surface area (Å²) in [5.74, 6) is 0.117. The van der Waals surface area contributed by atoms with Crippen molar-refractivity contribution in [1.82, 2.24) is 5.32 Å². The van der Waals surface area contributed by atoms with Gasteiger partial charge in [-0.1, -0.05) is 12.1 Å². The minimum atomic E-state index is -0.279. The Morgan fingerprint density at radius 2 is 2.05 bits per heavy atom. The molecule has 1 N–H and O–H groups in total. The van der Waals surface area contributed by atoms with E-state index in [9.17, 15) is 9.59 Å². The van der Waals surface area contributed by atoms with Crippen molar-refractivity contribution >= 4 is 27.8 Å². The molecule has 0 saturated carbocycles. The second kappa shape index (κ2) is 8.53. The van der Waals surface area contributed by atoms with E-state index >= 15 is 0 Å². The first-order valence-corrected chi connectivity index (χ1v) is 6.63. The van der Waals surface area contributed by atoms with Crippen molar-refractivity contribution in [2.75, 3.05) is 20.3 Å². The molecule has 19 heavy (non-hydrogen) atoms. The summed E-state index contributed by atoms with van der Waals surface area (Å²) in [7, 11) is 1.34. The maximum atomic E-state index is 11.5. The fourth-order valence-electron chi connectivity index (χ4n) is 1.32. The lowest BCUT2D eigenvalue weighted by Crippen LogP contribution is -2.30. The van der Waals surface area contributed by atoms with Crippen LogP contribution in [-0.2, 0) is 14.3 Å². The van der Waals surface area contributed by atoms with Crippen LogP contribution in [0.4, 0.5) is 0 Å². The molecule has 0 aromatic heterocycles. The molecule has 1 rings (SSSR count). The smallest absolute Gasteiger partial charge is 0.305 e. The maximum Gasteiger partial charge on any atom is 0.305 e. The van der Waals surface area contributed by atoms with E-state index in [1.807, 2.05) is 18.2 Å². The van der Waals surface area contributed by atoms with Crippen LogP contribution in [0.2, 0.25) is 0 Å². The molecular weight excluding hydrogens is 314 g/mol. The van der Waals surface area contributed by atoms with Crippen LogP contribution in [0.5, 0.6) is 5.75 Å². The number of ether oxygens (including phenoxy) is 2. The highest BCUT2D eigenvalue weighted by Gasteiger charge is 2.05. The molecule has 104 valence electrons. The van der Waals surface area contributed by atoms with Crippen molar-refractivity contribution in [2.45, 2.75) is 12.8 Å². The first kappa shape index (κ1) is 15.5. The molecule has 0 aliphatic rings. The summed E-state index contributed by atoms with van der Waals surface area (Å²) in [6, 6.07) is 7.30. The van der Waals surface area contributed by atoms with E-state index in [4.69, 9.17) is 4.74 Å². The molecule has 0 aliphatic carbocycles. The van der Waals surface area contributed by atoms with E-state index in [0.717, 1.165) is 4.47 Å². The van der Waals surface area contributed by atoms with Crippen molar-refractivity contribution in [3.8, 4) is 5.75 Å². The summed E-state index contributed by atoms with van der Waals surface area (Å²) in [5.41, 5.74) is 0. The van der Waals surface area contributed by atoms with Crippen LogP contribution in [0.3, 0.4) is 0 Å². The van der Waals surface area contributed by atoms with E-state index in [0.29, 0.717) is 25.1 Å². The second-order valence-electron chi connectivity index (χ2n) is 3.75. The number of hydrogen-bond donors (Lipinski definition) is 1. The number of nitrogens with one attached hydrogen (secondary N) is 1. The number of methoxy groups -OCH3 is 1. The van der Waals surface area contributed by atoms with Gasteiger partial charge in [-0.05, 0) is 34.5 Å². The van der Waals surface area contributed by atoms with Crippen LogP contribution in [-0.4, -0.2) is 32.1 Å². The number of esters is 1. The quantitative estimate of drug-likeness (QED) is 0.613. The zero-order chi connectivity index (χ0) is 14.1. The van der Waals surface area contributed by atoms with E-state index in [2.05, 4.69) is 26.0 Å². The third-order valence-corrected chi connectivity index (χ3v) is 2.96. The van der Waals surface area contributed by atoms with Gasteiger partial charge in [0.05, 0.1) is 11.6 Å². The van der Waals surface area contributed by atoms with Gasteiger partial charge in [-0.3, -0.25) is 9.59 Å². The number of carbonyl (C=O) groups excluding carboxylic acids is 2. The van der Waals surface area contributed by atoms with Crippen LogP contribution in [0.1, 0.15) is 12.8 Å². The van der Waals surface area contributed by atoms with E-state index in [1.54, 1.807) is 6.07 Å². The Morgan fingerprint density at radius 3 is 2.74 bits per heavy atom. The fourth-order valence-corrected chi connectivity index (χ4v) is 1.72. The van der Waals surface area contributed by atoms with Crippen LogP contribution in [0.25, 0.3) is 0 Å². The van der Waals surface area contributed by atoms with Crippen molar-refractivity contribution in [1.29, 1.82) is 0 Å². The molecule has 1 aromatic rings. The number of benzene rings is 1. The van der Waals surface area contributed by atoms with Gasteiger partial charge in [0.1, 0.15) is 5.75 Å². The lowest BCUT2D eigenvalue weighted by Gasteiger charge is -2.08. The number of para-hydroxylation sites is 1. The third kappa shape index (κ3) is 6.24. The molecule has 1 amide bonds. The van der Waals surface area contributed by atoms with Crippen LogP contribution in [0, 0.1) is 0 Å². The summed E-state index contributed by atoms with van der Waals surface area (Å²) in [5, 5.41) is 2.66. The zero-order valence-corrected chi connectivity index (χ0v) is 12.2. The van der Waals surface area contributed by atoms with Gasteiger partial charge in [0.2, 0.25) is 0 Å². The van der Waals surface area contributed by atoms with Gasteiger partial charge in [0.15, 0.2) is 6.61 Å². The normalized spacial score (nSPS) is 9.79. The minimum absolute atomic E-state index is 0.0547. The second-order valence-corrected chi connectivity index (χ2v) is 4.60. The monoisotopic (exact) mass is 329 g/mol. The Bertz CT molecular complexity index is 436. The maximum absolute atomic E-state index is 11.5. The molecule has 0 unspecified atom stereocenters. The van der Waals surface area contributed by atoms with Gasteiger partial charge in [-0.2, -0.15) is 0 Å². The van der Waals surface area contributed by atoms with Gasteiger partial charge < -0.3 is 14.8 Å². The van der Waals surface area contributed by atoms with E-state index < -0.39 is 0 Å². The summed E-state index contributed by atoms with van der Waals surface area (Å²) < 4.78 is 10.6. The summed E-state index contributed by atoms with van der Waals surface area (Å²) >= 11 is 3.33. The highest BCUT2D eigenvalue weighted by Crippen LogP contribution is 2.23. The van der Waals surface area contributed by atoms with Gasteiger partial charge >= 0.3 is 5.97 Å². The molecule has 0 bridgehead atoms. The van der Waals surface area contributed by atoms with Gasteiger partial charge in [0, 0.05) is 13.0 Å². The Hall–Kier alpha value is -1.56. The molecule has 0 spiro atoms. The number of halogens is 1. The summed E-state index contributed by atoms with van der Waals surface area (Å²) in [6.45, 7) is 0.369. The molecule has 0 atom stereocenters. The predicted molar refractivity (Wildman–Crippen MR) is 73.9 cm³/mol. The van der Waals surface area contributed by atoms with Crippen LogP contribution in [0.15, 0.2) is 28.7 Å². The standard InChI is InChI=1S/C13H16BrNO4/c1-18-13(17)7-4-8-15-12(16)9-19-11-6-3-2-5-10(11)14/h2-3,5-6H,4,7-9H2,1H3,(H,15,16). The molecule has 1 aromatic carbocycles. The fraction of sp³-hybridized carbons (Fsp3) is 0.385. The van der Waals surface area contributed by atoms with E-state index in [-0.39, 0.29) is 18.5 Å². The Labute approximate surface area is 120 Å². The van der Waals surface area contributed by atoms with Gasteiger partial charge in [0.25, 0.3) is 5.91 Å². The number of hydrogen-bond acceptors (Lipinski definition) is 4. The predicted octanol–water partition coefficient (Wildman–Crippen LogP) is 1.90.